The van der Waals surface area contributed by atoms with Crippen LogP contribution in [-0.4, -0.2) is 12.5 Å². The Morgan fingerprint density at radius 2 is 1.79 bits per heavy atom. The van der Waals surface area contributed by atoms with Gasteiger partial charge in [0.25, 0.3) is 0 Å². The lowest BCUT2D eigenvalue weighted by molar-refractivity contribution is -0.110. The molecule has 1 unspecified atom stereocenters. The Morgan fingerprint density at radius 3 is 2.32 bits per heavy atom. The molecule has 1 aromatic rings. The molecule has 0 heterocycles. The van der Waals surface area contributed by atoms with Crippen LogP contribution in [-0.2, 0) is 4.79 Å². The van der Waals surface area contributed by atoms with Crippen LogP contribution in [0.15, 0.2) is 18.2 Å². The number of carbonyl (C=O) groups is 1. The Hall–Kier alpha value is -0.700. The first-order valence-corrected chi connectivity index (χ1v) is 6.92. The molecule has 0 saturated heterocycles. The normalized spacial score (nSPS) is 13.6. The van der Waals surface area contributed by atoms with Crippen LogP contribution in [0.3, 0.4) is 0 Å². The van der Waals surface area contributed by atoms with Crippen molar-refractivity contribution in [2.45, 2.75) is 26.8 Å². The molecule has 1 N–H and O–H groups in total. The number of rotatable bonds is 4. The van der Waals surface area contributed by atoms with Gasteiger partial charge in [-0.3, -0.25) is 4.79 Å². The van der Waals surface area contributed by atoms with Crippen LogP contribution in [0.4, 0.5) is 0 Å². The molecule has 0 fully saturated rings. The van der Waals surface area contributed by atoms with E-state index in [-0.39, 0.29) is 11.5 Å². The minimum Gasteiger partial charge on any atom is -0.352 e. The fraction of sp³-hybridized carbons (Fsp3) is 0.357. The number of nitrogens with one attached hydrogen (secondary N) is 1. The van der Waals surface area contributed by atoms with Crippen LogP contribution in [0.2, 0.25) is 15.1 Å². The zero-order valence-electron chi connectivity index (χ0n) is 11.0. The maximum Gasteiger partial charge on any atom is 0.207 e. The van der Waals surface area contributed by atoms with Gasteiger partial charge in [0.2, 0.25) is 6.41 Å². The third-order valence-corrected chi connectivity index (χ3v) is 4.02. The van der Waals surface area contributed by atoms with E-state index in [2.05, 4.69) is 5.32 Å². The van der Waals surface area contributed by atoms with E-state index < -0.39 is 0 Å². The summed E-state index contributed by atoms with van der Waals surface area (Å²) in [4.78, 5) is 10.6. The van der Waals surface area contributed by atoms with Crippen molar-refractivity contribution in [2.24, 2.45) is 5.41 Å². The average Bonchev–Trinajstić information content (AvgIpc) is 2.32. The van der Waals surface area contributed by atoms with E-state index in [1.165, 1.54) is 0 Å². The first-order valence-electron chi connectivity index (χ1n) is 5.78. The number of benzene rings is 1. The number of halogens is 3. The Balaban J connectivity index is 3.03. The van der Waals surface area contributed by atoms with Crippen molar-refractivity contribution in [1.29, 1.82) is 0 Å². The van der Waals surface area contributed by atoms with Crippen LogP contribution in [0.25, 0.3) is 6.08 Å². The van der Waals surface area contributed by atoms with E-state index in [0.29, 0.717) is 21.5 Å². The van der Waals surface area contributed by atoms with Gasteiger partial charge in [0, 0.05) is 0 Å². The second-order valence-corrected chi connectivity index (χ2v) is 6.42. The second-order valence-electron chi connectivity index (χ2n) is 5.25. The number of hydrogen-bond donors (Lipinski definition) is 1. The summed E-state index contributed by atoms with van der Waals surface area (Å²) in [6.45, 7) is 6.11. The van der Waals surface area contributed by atoms with Crippen molar-refractivity contribution in [2.75, 3.05) is 0 Å². The van der Waals surface area contributed by atoms with E-state index >= 15 is 0 Å². The van der Waals surface area contributed by atoms with Gasteiger partial charge in [0.1, 0.15) is 0 Å². The van der Waals surface area contributed by atoms with Gasteiger partial charge in [-0.1, -0.05) is 73.8 Å². The molecule has 5 heteroatoms. The minimum atomic E-state index is -0.101. The number of carbonyl (C=O) groups excluding carboxylic acids is 1. The summed E-state index contributed by atoms with van der Waals surface area (Å²) in [5.74, 6) is 0. The van der Waals surface area contributed by atoms with Gasteiger partial charge in [-0.25, -0.2) is 0 Å². The fourth-order valence-electron chi connectivity index (χ4n) is 1.54. The minimum absolute atomic E-state index is 0.0971. The van der Waals surface area contributed by atoms with Crippen molar-refractivity contribution < 1.29 is 4.79 Å². The van der Waals surface area contributed by atoms with E-state index in [4.69, 9.17) is 34.8 Å². The summed E-state index contributed by atoms with van der Waals surface area (Å²) in [6, 6.07) is 3.37. The van der Waals surface area contributed by atoms with Crippen LogP contribution in [0.5, 0.6) is 0 Å². The smallest absolute Gasteiger partial charge is 0.207 e. The lowest BCUT2D eigenvalue weighted by atomic mass is 9.86. The Morgan fingerprint density at radius 1 is 1.16 bits per heavy atom. The van der Waals surface area contributed by atoms with Crippen LogP contribution in [0.1, 0.15) is 26.3 Å². The third kappa shape index (κ3) is 4.41. The third-order valence-electron chi connectivity index (χ3n) is 2.71. The fourth-order valence-corrected chi connectivity index (χ4v) is 2.14. The predicted molar refractivity (Wildman–Crippen MR) is 82.9 cm³/mol. The molecule has 0 aliphatic rings. The average molecular weight is 321 g/mol. The highest BCUT2D eigenvalue weighted by atomic mass is 35.5. The molecule has 0 radical (unpaired) electrons. The summed E-state index contributed by atoms with van der Waals surface area (Å²) in [5.41, 5.74) is 0.665. The van der Waals surface area contributed by atoms with E-state index in [9.17, 15) is 4.79 Å². The standard InChI is InChI=1S/C14H16Cl3NO/c1-14(2,3)11(18-8-19)7-5-9-4-6-10(15)13(17)12(9)16/h4-8,11H,1-3H3,(H,18,19)/b7-5+. The second kappa shape index (κ2) is 6.65. The van der Waals surface area contributed by atoms with Crippen LogP contribution >= 0.6 is 34.8 Å². The number of amides is 1. The van der Waals surface area contributed by atoms with Gasteiger partial charge in [-0.05, 0) is 17.0 Å². The van der Waals surface area contributed by atoms with E-state index in [1.54, 1.807) is 12.1 Å². The van der Waals surface area contributed by atoms with Gasteiger partial charge in [0.05, 0.1) is 21.1 Å². The van der Waals surface area contributed by atoms with Gasteiger partial charge in [0.15, 0.2) is 0 Å². The zero-order valence-corrected chi connectivity index (χ0v) is 13.3. The van der Waals surface area contributed by atoms with Gasteiger partial charge < -0.3 is 5.32 Å². The van der Waals surface area contributed by atoms with E-state index in [1.807, 2.05) is 32.9 Å². The van der Waals surface area contributed by atoms with Gasteiger partial charge in [-0.15, -0.1) is 0 Å². The Labute approximate surface area is 128 Å². The molecule has 0 aliphatic carbocycles. The van der Waals surface area contributed by atoms with Crippen LogP contribution < -0.4 is 5.32 Å². The van der Waals surface area contributed by atoms with E-state index in [0.717, 1.165) is 5.56 Å². The lowest BCUT2D eigenvalue weighted by Crippen LogP contribution is -2.37. The molecule has 1 atom stereocenters. The molecular formula is C14H16Cl3NO. The summed E-state index contributed by atoms with van der Waals surface area (Å²) in [6.07, 6.45) is 4.41. The monoisotopic (exact) mass is 319 g/mol. The Kier molecular flexibility index (Phi) is 5.72. The first-order chi connectivity index (χ1) is 8.77. The van der Waals surface area contributed by atoms with Crippen molar-refractivity contribution in [3.63, 3.8) is 0 Å². The highest BCUT2D eigenvalue weighted by Gasteiger charge is 2.21. The molecule has 0 aliphatic heterocycles. The topological polar surface area (TPSA) is 29.1 Å². The number of hydrogen-bond acceptors (Lipinski definition) is 1. The molecule has 0 spiro atoms. The molecular weight excluding hydrogens is 305 g/mol. The highest BCUT2D eigenvalue weighted by molar-refractivity contribution is 6.48. The summed E-state index contributed by atoms with van der Waals surface area (Å²) >= 11 is 18.0. The quantitative estimate of drug-likeness (QED) is 0.625. The largest absolute Gasteiger partial charge is 0.352 e. The summed E-state index contributed by atoms with van der Waals surface area (Å²) < 4.78 is 0. The summed E-state index contributed by atoms with van der Waals surface area (Å²) in [5, 5.41) is 3.93. The molecule has 1 amide bonds. The molecule has 0 bridgehead atoms. The molecule has 1 rings (SSSR count). The maximum atomic E-state index is 10.6. The predicted octanol–water partition coefficient (Wildman–Crippen LogP) is 4.82. The van der Waals surface area contributed by atoms with Crippen molar-refractivity contribution in [1.82, 2.24) is 5.32 Å². The SMILES string of the molecule is CC(C)(C)C(/C=C/c1ccc(Cl)c(Cl)c1Cl)NC=O. The maximum absolute atomic E-state index is 10.6. The lowest BCUT2D eigenvalue weighted by Gasteiger charge is -2.27. The molecule has 1 aromatic carbocycles. The van der Waals surface area contributed by atoms with Crippen molar-refractivity contribution in [3.8, 4) is 0 Å². The Bertz CT molecular complexity index is 492. The van der Waals surface area contributed by atoms with Crippen molar-refractivity contribution >= 4 is 47.3 Å². The molecule has 0 saturated carbocycles. The molecule has 2 nitrogen and oxygen atoms in total. The zero-order chi connectivity index (χ0) is 14.6. The van der Waals surface area contributed by atoms with Gasteiger partial charge in [-0.2, -0.15) is 0 Å². The highest BCUT2D eigenvalue weighted by Crippen LogP contribution is 2.33. The first kappa shape index (κ1) is 16.4. The van der Waals surface area contributed by atoms with Gasteiger partial charge >= 0.3 is 0 Å². The van der Waals surface area contributed by atoms with Crippen LogP contribution in [0, 0.1) is 5.41 Å². The van der Waals surface area contributed by atoms with Crippen molar-refractivity contribution in [3.05, 3.63) is 38.8 Å². The molecule has 0 aromatic heterocycles. The molecule has 104 valence electrons. The summed E-state index contributed by atoms with van der Waals surface area (Å²) in [7, 11) is 0. The molecule has 19 heavy (non-hydrogen) atoms.